The summed E-state index contributed by atoms with van der Waals surface area (Å²) >= 11 is 12.1. The predicted octanol–water partition coefficient (Wildman–Crippen LogP) is 5.69. The van der Waals surface area contributed by atoms with E-state index in [0.717, 1.165) is 30.2 Å². The second-order valence-electron chi connectivity index (χ2n) is 6.98. The molecule has 148 valence electrons. The minimum Gasteiger partial charge on any atom is -0.355 e. The Morgan fingerprint density at radius 1 is 0.897 bits per heavy atom. The highest BCUT2D eigenvalue weighted by molar-refractivity contribution is 6.36. The fourth-order valence-electron chi connectivity index (χ4n) is 3.37. The number of hydrogen-bond acceptors (Lipinski definition) is 4. The van der Waals surface area contributed by atoms with Crippen molar-refractivity contribution in [2.45, 2.75) is 19.3 Å². The Morgan fingerprint density at radius 2 is 1.66 bits per heavy atom. The molecule has 1 fully saturated rings. The van der Waals surface area contributed by atoms with E-state index in [1.54, 1.807) is 18.2 Å². The number of rotatable bonds is 4. The zero-order valence-electron chi connectivity index (χ0n) is 15.7. The van der Waals surface area contributed by atoms with Crippen LogP contribution >= 0.6 is 23.2 Å². The topological polar surface area (TPSA) is 58.1 Å². The summed E-state index contributed by atoms with van der Waals surface area (Å²) in [4.78, 5) is 14.7. The monoisotopic (exact) mass is 426 g/mol. The summed E-state index contributed by atoms with van der Waals surface area (Å²) in [7, 11) is 0. The molecule has 1 saturated heterocycles. The number of piperidine rings is 1. The summed E-state index contributed by atoms with van der Waals surface area (Å²) in [5, 5.41) is 12.4. The third-order valence-electron chi connectivity index (χ3n) is 4.94. The van der Waals surface area contributed by atoms with E-state index in [9.17, 15) is 4.79 Å². The summed E-state index contributed by atoms with van der Waals surface area (Å²) < 4.78 is 0. The van der Waals surface area contributed by atoms with Gasteiger partial charge in [-0.1, -0.05) is 35.3 Å². The van der Waals surface area contributed by atoms with Gasteiger partial charge in [0.2, 0.25) is 0 Å². The van der Waals surface area contributed by atoms with Crippen LogP contribution in [0.25, 0.3) is 11.3 Å². The van der Waals surface area contributed by atoms with Crippen LogP contribution in [0.3, 0.4) is 0 Å². The van der Waals surface area contributed by atoms with Crippen molar-refractivity contribution >= 4 is 40.6 Å². The van der Waals surface area contributed by atoms with Crippen molar-refractivity contribution in [3.05, 3.63) is 70.2 Å². The van der Waals surface area contributed by atoms with Crippen LogP contribution < -0.4 is 10.2 Å². The molecule has 1 amide bonds. The van der Waals surface area contributed by atoms with E-state index in [-0.39, 0.29) is 5.91 Å². The van der Waals surface area contributed by atoms with Crippen molar-refractivity contribution < 1.29 is 4.79 Å². The van der Waals surface area contributed by atoms with Crippen LogP contribution in [-0.4, -0.2) is 29.2 Å². The molecule has 2 heterocycles. The number of aromatic nitrogens is 2. The van der Waals surface area contributed by atoms with Gasteiger partial charge in [0.15, 0.2) is 5.82 Å². The number of nitrogens with zero attached hydrogens (tertiary/aromatic N) is 3. The highest BCUT2D eigenvalue weighted by Crippen LogP contribution is 2.24. The number of nitrogens with one attached hydrogen (secondary N) is 1. The fraction of sp³-hybridized carbons (Fsp3) is 0.227. The SMILES string of the molecule is O=C(Nc1ccc(-c2ccc(N3CCCCC3)nn2)cc1)c1cc(Cl)ccc1Cl. The van der Waals surface area contributed by atoms with Crippen molar-refractivity contribution in [2.24, 2.45) is 0 Å². The zero-order chi connectivity index (χ0) is 20.2. The van der Waals surface area contributed by atoms with E-state index >= 15 is 0 Å². The average Bonchev–Trinajstić information content (AvgIpc) is 2.77. The molecular formula is C22H20Cl2N4O. The predicted molar refractivity (Wildman–Crippen MR) is 118 cm³/mol. The molecule has 4 rings (SSSR count). The van der Waals surface area contributed by atoms with E-state index in [4.69, 9.17) is 23.2 Å². The van der Waals surface area contributed by atoms with E-state index in [0.29, 0.717) is 21.3 Å². The second kappa shape index (κ2) is 8.80. The lowest BCUT2D eigenvalue weighted by atomic mass is 10.1. The molecule has 0 radical (unpaired) electrons. The van der Waals surface area contributed by atoms with Crippen molar-refractivity contribution in [3.63, 3.8) is 0 Å². The van der Waals surface area contributed by atoms with Gasteiger partial charge in [0.05, 0.1) is 16.3 Å². The molecule has 0 spiro atoms. The van der Waals surface area contributed by atoms with Crippen LogP contribution in [0.4, 0.5) is 11.5 Å². The van der Waals surface area contributed by atoms with Crippen LogP contribution in [0.5, 0.6) is 0 Å². The van der Waals surface area contributed by atoms with Gasteiger partial charge in [0, 0.05) is 29.4 Å². The molecule has 3 aromatic rings. The van der Waals surface area contributed by atoms with Gasteiger partial charge < -0.3 is 10.2 Å². The van der Waals surface area contributed by atoms with Gasteiger partial charge in [-0.3, -0.25) is 4.79 Å². The molecule has 0 saturated carbocycles. The first-order chi connectivity index (χ1) is 14.1. The first-order valence-corrected chi connectivity index (χ1v) is 10.3. The summed E-state index contributed by atoms with van der Waals surface area (Å²) in [6.45, 7) is 2.08. The Hall–Kier alpha value is -2.63. The number of hydrogen-bond donors (Lipinski definition) is 1. The smallest absolute Gasteiger partial charge is 0.257 e. The minimum absolute atomic E-state index is 0.309. The fourth-order valence-corrected chi connectivity index (χ4v) is 3.74. The molecule has 0 atom stereocenters. The van der Waals surface area contributed by atoms with Crippen LogP contribution in [0.2, 0.25) is 10.0 Å². The van der Waals surface area contributed by atoms with Crippen LogP contribution in [0, 0.1) is 0 Å². The Kier molecular flexibility index (Phi) is 5.97. The van der Waals surface area contributed by atoms with Gasteiger partial charge in [-0.15, -0.1) is 10.2 Å². The van der Waals surface area contributed by atoms with Crippen molar-refractivity contribution in [3.8, 4) is 11.3 Å². The van der Waals surface area contributed by atoms with Crippen molar-refractivity contribution in [2.75, 3.05) is 23.3 Å². The Bertz CT molecular complexity index is 1000. The lowest BCUT2D eigenvalue weighted by Crippen LogP contribution is -2.30. The summed E-state index contributed by atoms with van der Waals surface area (Å²) in [5.74, 6) is 0.617. The maximum absolute atomic E-state index is 12.4. The molecule has 29 heavy (non-hydrogen) atoms. The number of benzene rings is 2. The lowest BCUT2D eigenvalue weighted by molar-refractivity contribution is 0.102. The van der Waals surface area contributed by atoms with Crippen molar-refractivity contribution in [1.29, 1.82) is 0 Å². The molecule has 1 N–H and O–H groups in total. The van der Waals surface area contributed by atoms with Gasteiger partial charge in [-0.05, 0) is 61.7 Å². The second-order valence-corrected chi connectivity index (χ2v) is 7.82. The van der Waals surface area contributed by atoms with Gasteiger partial charge in [-0.25, -0.2) is 0 Å². The van der Waals surface area contributed by atoms with E-state index < -0.39 is 0 Å². The largest absolute Gasteiger partial charge is 0.355 e. The van der Waals surface area contributed by atoms with Crippen LogP contribution in [0.15, 0.2) is 54.6 Å². The third-order valence-corrected chi connectivity index (χ3v) is 5.51. The summed E-state index contributed by atoms with van der Waals surface area (Å²) in [6.07, 6.45) is 3.70. The minimum atomic E-state index is -0.309. The Morgan fingerprint density at radius 3 is 2.34 bits per heavy atom. The molecule has 2 aromatic carbocycles. The molecule has 1 aromatic heterocycles. The van der Waals surface area contributed by atoms with Gasteiger partial charge in [0.1, 0.15) is 0 Å². The third kappa shape index (κ3) is 4.69. The molecule has 7 heteroatoms. The quantitative estimate of drug-likeness (QED) is 0.581. The standard InChI is InChI=1S/C22H20Cl2N4O/c23-16-6-9-19(24)18(14-16)22(29)25-17-7-4-15(5-8-17)20-10-11-21(27-26-20)28-12-2-1-3-13-28/h4-11,14H,1-3,12-13H2,(H,25,29). The summed E-state index contributed by atoms with van der Waals surface area (Å²) in [5.41, 5.74) is 2.72. The molecule has 1 aliphatic heterocycles. The van der Waals surface area contributed by atoms with Gasteiger partial charge in [-0.2, -0.15) is 0 Å². The molecule has 0 unspecified atom stereocenters. The Balaban J connectivity index is 1.45. The number of halogens is 2. The van der Waals surface area contributed by atoms with Gasteiger partial charge >= 0.3 is 0 Å². The first kappa shape index (κ1) is 19.7. The van der Waals surface area contributed by atoms with Crippen molar-refractivity contribution in [1.82, 2.24) is 10.2 Å². The molecule has 1 aliphatic rings. The number of carbonyl (C=O) groups excluding carboxylic acids is 1. The average molecular weight is 427 g/mol. The molecule has 0 aliphatic carbocycles. The molecule has 0 bridgehead atoms. The van der Waals surface area contributed by atoms with Crippen LogP contribution in [0.1, 0.15) is 29.6 Å². The number of anilines is 2. The van der Waals surface area contributed by atoms with E-state index in [1.165, 1.54) is 19.3 Å². The lowest BCUT2D eigenvalue weighted by Gasteiger charge is -2.27. The highest BCUT2D eigenvalue weighted by Gasteiger charge is 2.14. The van der Waals surface area contributed by atoms with Crippen LogP contribution in [-0.2, 0) is 0 Å². The molecular weight excluding hydrogens is 407 g/mol. The zero-order valence-corrected chi connectivity index (χ0v) is 17.2. The van der Waals surface area contributed by atoms with Gasteiger partial charge in [0.25, 0.3) is 5.91 Å². The maximum Gasteiger partial charge on any atom is 0.257 e. The number of amides is 1. The Labute approximate surface area is 179 Å². The first-order valence-electron chi connectivity index (χ1n) is 9.56. The van der Waals surface area contributed by atoms with E-state index in [1.807, 2.05) is 36.4 Å². The highest BCUT2D eigenvalue weighted by atomic mass is 35.5. The summed E-state index contributed by atoms with van der Waals surface area (Å²) in [6, 6.07) is 16.3. The number of carbonyl (C=O) groups is 1. The normalized spacial score (nSPS) is 13.9. The molecule has 5 nitrogen and oxygen atoms in total. The van der Waals surface area contributed by atoms with E-state index in [2.05, 4.69) is 20.4 Å². The maximum atomic E-state index is 12.4.